The van der Waals surface area contributed by atoms with E-state index in [9.17, 15) is 13.2 Å². The first-order valence-corrected chi connectivity index (χ1v) is 4.52. The summed E-state index contributed by atoms with van der Waals surface area (Å²) >= 11 is 0. The van der Waals surface area contributed by atoms with E-state index in [0.717, 1.165) is 0 Å². The predicted molar refractivity (Wildman–Crippen MR) is 35.3 cm³/mol. The van der Waals surface area contributed by atoms with Crippen LogP contribution in [-0.4, -0.2) is 29.7 Å². The summed E-state index contributed by atoms with van der Waals surface area (Å²) in [7, 11) is 1.03. The highest BCUT2D eigenvalue weighted by atomic mass is 28.3. The van der Waals surface area contributed by atoms with Crippen molar-refractivity contribution in [3.05, 3.63) is 0 Å². The largest absolute Gasteiger partial charge is 0.643 e. The molecule has 0 aromatic heterocycles. The monoisotopic (exact) mass is 187 g/mol. The molecule has 0 saturated heterocycles. The van der Waals surface area contributed by atoms with E-state index in [1.54, 1.807) is 0 Å². The molecule has 0 atom stereocenters. The van der Waals surface area contributed by atoms with Crippen LogP contribution in [0.2, 0.25) is 6.04 Å². The normalized spacial score (nSPS) is 11.7. The molecule has 0 aliphatic carbocycles. The van der Waals surface area contributed by atoms with Gasteiger partial charge in [-0.25, -0.2) is 8.85 Å². The minimum atomic E-state index is -4.10. The van der Waals surface area contributed by atoms with E-state index in [-0.39, 0.29) is 6.04 Å². The summed E-state index contributed by atoms with van der Waals surface area (Å²) in [6.07, 6.45) is -4.93. The van der Waals surface area contributed by atoms with Gasteiger partial charge in [-0.15, -0.1) is 0 Å². The van der Waals surface area contributed by atoms with E-state index in [1.807, 2.05) is 0 Å². The van der Waals surface area contributed by atoms with Gasteiger partial charge in [0.1, 0.15) is 6.04 Å². The Bertz CT molecular complexity index is 102. The topological polar surface area (TPSA) is 18.5 Å². The zero-order valence-electron chi connectivity index (χ0n) is 6.36. The molecule has 2 nitrogen and oxygen atoms in total. The predicted octanol–water partition coefficient (Wildman–Crippen LogP) is 1.72. The van der Waals surface area contributed by atoms with Crippen LogP contribution in [0.3, 0.4) is 0 Å². The van der Waals surface area contributed by atoms with Gasteiger partial charge < -0.3 is 0 Å². The molecule has 0 saturated carbocycles. The fraction of sp³-hybridized carbons (Fsp3) is 1.00. The zero-order valence-corrected chi connectivity index (χ0v) is 7.36. The molecule has 6 heteroatoms. The molecule has 0 aliphatic heterocycles. The smallest absolute Gasteiger partial charge is 0.212 e. The average Bonchev–Trinajstić information content (AvgIpc) is 1.88. The molecule has 11 heavy (non-hydrogen) atoms. The first-order chi connectivity index (χ1) is 4.99. The lowest BCUT2D eigenvalue weighted by Crippen LogP contribution is -2.21. The molecule has 0 amide bonds. The molecule has 0 radical (unpaired) electrons. The number of rotatable bonds is 4. The molecular formula is C5H10F3O2Si+. The second-order valence-corrected chi connectivity index (χ2v) is 3.96. The molecule has 0 heterocycles. The Morgan fingerprint density at radius 1 is 1.18 bits per heavy atom. The third-order valence-corrected chi connectivity index (χ3v) is 2.64. The van der Waals surface area contributed by atoms with Gasteiger partial charge in [0, 0.05) is 0 Å². The van der Waals surface area contributed by atoms with E-state index >= 15 is 0 Å². The summed E-state index contributed by atoms with van der Waals surface area (Å²) in [5, 5.41) is 0. The van der Waals surface area contributed by atoms with Crippen LogP contribution in [0.1, 0.15) is 6.42 Å². The van der Waals surface area contributed by atoms with E-state index in [0.29, 0.717) is 0 Å². The van der Waals surface area contributed by atoms with Crippen molar-refractivity contribution in [2.75, 3.05) is 14.2 Å². The number of alkyl halides is 3. The highest BCUT2D eigenvalue weighted by Crippen LogP contribution is 2.22. The first-order valence-electron chi connectivity index (χ1n) is 3.00. The number of hydrogen-bond donors (Lipinski definition) is 0. The summed E-state index contributed by atoms with van der Waals surface area (Å²) in [6, 6.07) is -0.0544. The van der Waals surface area contributed by atoms with Gasteiger partial charge in [0.25, 0.3) is 0 Å². The minimum Gasteiger partial charge on any atom is -0.212 e. The highest BCUT2D eigenvalue weighted by molar-refractivity contribution is 6.44. The van der Waals surface area contributed by atoms with Gasteiger partial charge in [0.2, 0.25) is 0 Å². The quantitative estimate of drug-likeness (QED) is 0.624. The summed E-state index contributed by atoms with van der Waals surface area (Å²) in [4.78, 5) is 0. The van der Waals surface area contributed by atoms with Crippen LogP contribution in [0.5, 0.6) is 0 Å². The van der Waals surface area contributed by atoms with Crippen molar-refractivity contribution >= 4 is 9.28 Å². The van der Waals surface area contributed by atoms with Gasteiger partial charge in [0.15, 0.2) is 0 Å². The van der Waals surface area contributed by atoms with Gasteiger partial charge in [0.05, 0.1) is 20.6 Å². The lowest BCUT2D eigenvalue weighted by atomic mass is 10.5. The molecule has 0 rings (SSSR count). The second-order valence-electron chi connectivity index (χ2n) is 1.90. The summed E-state index contributed by atoms with van der Waals surface area (Å²) in [6.45, 7) is 0. The first kappa shape index (κ1) is 10.9. The average molecular weight is 187 g/mol. The van der Waals surface area contributed by atoms with Crippen molar-refractivity contribution in [2.24, 2.45) is 0 Å². The Kier molecular flexibility index (Phi) is 4.70. The molecule has 0 aromatic rings. The Morgan fingerprint density at radius 3 is 1.91 bits per heavy atom. The molecule has 0 fully saturated rings. The van der Waals surface area contributed by atoms with Crippen molar-refractivity contribution in [1.29, 1.82) is 0 Å². The fourth-order valence-electron chi connectivity index (χ4n) is 0.531. The molecule has 0 aromatic carbocycles. The highest BCUT2D eigenvalue weighted by Gasteiger charge is 2.37. The van der Waals surface area contributed by atoms with Gasteiger partial charge >= 0.3 is 15.5 Å². The van der Waals surface area contributed by atoms with Crippen LogP contribution in [0, 0.1) is 0 Å². The molecule has 66 valence electrons. The van der Waals surface area contributed by atoms with Crippen molar-refractivity contribution in [2.45, 2.75) is 18.6 Å². The van der Waals surface area contributed by atoms with E-state index in [4.69, 9.17) is 0 Å². The van der Waals surface area contributed by atoms with Crippen LogP contribution < -0.4 is 0 Å². The van der Waals surface area contributed by atoms with Gasteiger partial charge in [-0.1, -0.05) is 0 Å². The van der Waals surface area contributed by atoms with Crippen LogP contribution in [0.25, 0.3) is 0 Å². The summed E-state index contributed by atoms with van der Waals surface area (Å²) < 4.78 is 44.1. The summed E-state index contributed by atoms with van der Waals surface area (Å²) in [5.41, 5.74) is 0. The fourth-order valence-corrected chi connectivity index (χ4v) is 1.59. The maximum absolute atomic E-state index is 11.6. The van der Waals surface area contributed by atoms with Crippen LogP contribution in [0.4, 0.5) is 13.2 Å². The Labute approximate surface area is 65.1 Å². The van der Waals surface area contributed by atoms with Crippen molar-refractivity contribution < 1.29 is 22.0 Å². The third-order valence-electron chi connectivity index (χ3n) is 1.07. The SMILES string of the molecule is CO[Si+](CCC(F)(F)F)OC. The third kappa shape index (κ3) is 6.33. The van der Waals surface area contributed by atoms with Gasteiger partial charge in [-0.3, -0.25) is 0 Å². The minimum absolute atomic E-state index is 0.0544. The standard InChI is InChI=1S/C5H10F3O2Si/c1-9-11(10-2)4-3-5(6,7)8/h3-4H2,1-2H3/q+1. The molecule has 0 aliphatic rings. The summed E-state index contributed by atoms with van der Waals surface area (Å²) in [5.74, 6) is 0. The van der Waals surface area contributed by atoms with Crippen molar-refractivity contribution in [1.82, 2.24) is 0 Å². The molecule has 0 bridgehead atoms. The number of hydrogen-bond acceptors (Lipinski definition) is 2. The van der Waals surface area contributed by atoms with Crippen molar-refractivity contribution in [3.63, 3.8) is 0 Å². The second kappa shape index (κ2) is 4.73. The van der Waals surface area contributed by atoms with Crippen LogP contribution in [-0.2, 0) is 8.85 Å². The van der Waals surface area contributed by atoms with E-state index in [1.165, 1.54) is 14.2 Å². The Hall–Kier alpha value is -0.0731. The maximum atomic E-state index is 11.6. The zero-order chi connectivity index (χ0) is 8.91. The lowest BCUT2D eigenvalue weighted by Gasteiger charge is -2.01. The van der Waals surface area contributed by atoms with E-state index in [2.05, 4.69) is 8.85 Å². The number of halogens is 3. The van der Waals surface area contributed by atoms with Gasteiger partial charge in [-0.05, 0) is 0 Å². The van der Waals surface area contributed by atoms with Gasteiger partial charge in [-0.2, -0.15) is 13.2 Å². The Morgan fingerprint density at radius 2 is 1.64 bits per heavy atom. The van der Waals surface area contributed by atoms with Crippen LogP contribution in [0.15, 0.2) is 0 Å². The molecule has 0 N–H and O–H groups in total. The van der Waals surface area contributed by atoms with E-state index < -0.39 is 21.9 Å². The maximum Gasteiger partial charge on any atom is 0.643 e. The lowest BCUT2D eigenvalue weighted by molar-refractivity contribution is -0.131. The Balaban J connectivity index is 3.51. The van der Waals surface area contributed by atoms with Crippen LogP contribution >= 0.6 is 0 Å². The molecular weight excluding hydrogens is 177 g/mol. The van der Waals surface area contributed by atoms with Crippen molar-refractivity contribution in [3.8, 4) is 0 Å². The molecule has 0 unspecified atom stereocenters. The molecule has 0 spiro atoms.